The maximum atomic E-state index is 12.7. The highest BCUT2D eigenvalue weighted by molar-refractivity contribution is 9.10. The summed E-state index contributed by atoms with van der Waals surface area (Å²) in [6.07, 6.45) is -4.69. The van der Waals surface area contributed by atoms with Gasteiger partial charge >= 0.3 is 6.18 Å². The first-order chi connectivity index (χ1) is 11.8. The van der Waals surface area contributed by atoms with Gasteiger partial charge in [0.05, 0.1) is 11.3 Å². The number of nitrogens with zero attached hydrogens (tertiary/aromatic N) is 3. The molecule has 0 atom stereocenters. The van der Waals surface area contributed by atoms with Crippen LogP contribution in [-0.4, -0.2) is 20.2 Å². The molecule has 2 aromatic heterocycles. The first-order valence-corrected chi connectivity index (χ1v) is 8.49. The molecule has 0 amide bonds. The lowest BCUT2D eigenvalue weighted by atomic mass is 10.2. The molecule has 2 heterocycles. The minimum absolute atomic E-state index is 0.0572. The number of thioether (sulfide) groups is 1. The van der Waals surface area contributed by atoms with E-state index in [1.807, 2.05) is 12.1 Å². The molecule has 0 aliphatic carbocycles. The molecule has 0 saturated heterocycles. The molecule has 6 nitrogen and oxygen atoms in total. The van der Waals surface area contributed by atoms with Crippen molar-refractivity contribution in [2.24, 2.45) is 0 Å². The zero-order chi connectivity index (χ0) is 18.0. The van der Waals surface area contributed by atoms with Crippen LogP contribution in [0.5, 0.6) is 0 Å². The Hall–Kier alpha value is -2.14. The first-order valence-electron chi connectivity index (χ1n) is 6.71. The van der Waals surface area contributed by atoms with Crippen LogP contribution in [0.3, 0.4) is 0 Å². The molecule has 1 N–H and O–H groups in total. The third-order valence-corrected chi connectivity index (χ3v) is 4.46. The summed E-state index contributed by atoms with van der Waals surface area (Å²) in [7, 11) is 0. The number of hydrogen-bond donors (Lipinski definition) is 1. The van der Waals surface area contributed by atoms with Crippen LogP contribution in [0.1, 0.15) is 11.6 Å². The molecule has 0 fully saturated rings. The highest BCUT2D eigenvalue weighted by Gasteiger charge is 2.33. The van der Waals surface area contributed by atoms with Crippen LogP contribution in [0.25, 0.3) is 11.5 Å². The van der Waals surface area contributed by atoms with E-state index in [-0.39, 0.29) is 22.7 Å². The molecule has 0 aliphatic rings. The van der Waals surface area contributed by atoms with Crippen LogP contribution in [0.2, 0.25) is 0 Å². The summed E-state index contributed by atoms with van der Waals surface area (Å²) in [6.45, 7) is 0. The van der Waals surface area contributed by atoms with Crippen LogP contribution in [0.15, 0.2) is 49.2 Å². The number of hydrogen-bond acceptors (Lipinski definition) is 6. The van der Waals surface area contributed by atoms with Gasteiger partial charge in [0, 0.05) is 10.5 Å². The van der Waals surface area contributed by atoms with E-state index in [4.69, 9.17) is 4.42 Å². The van der Waals surface area contributed by atoms with Crippen LogP contribution in [0.4, 0.5) is 13.2 Å². The van der Waals surface area contributed by atoms with Crippen LogP contribution in [0, 0.1) is 0 Å². The van der Waals surface area contributed by atoms with Gasteiger partial charge in [-0.05, 0) is 28.1 Å². The SMILES string of the molecule is O=c1cc(C(F)(F)F)nc(SCc2nnc(-c3ccccc3Br)o2)[nH]1. The maximum Gasteiger partial charge on any atom is 0.433 e. The molecule has 0 radical (unpaired) electrons. The number of halogens is 4. The second-order valence-electron chi connectivity index (χ2n) is 4.70. The minimum atomic E-state index is -4.69. The molecule has 3 aromatic rings. The first kappa shape index (κ1) is 17.7. The Balaban J connectivity index is 1.76. The van der Waals surface area contributed by atoms with Gasteiger partial charge in [-0.15, -0.1) is 10.2 Å². The van der Waals surface area contributed by atoms with Gasteiger partial charge in [-0.1, -0.05) is 23.9 Å². The van der Waals surface area contributed by atoms with Crippen molar-refractivity contribution in [3.8, 4) is 11.5 Å². The highest BCUT2D eigenvalue weighted by Crippen LogP contribution is 2.29. The lowest BCUT2D eigenvalue weighted by molar-refractivity contribution is -0.141. The predicted octanol–water partition coefficient (Wildman–Crippen LogP) is 3.89. The topological polar surface area (TPSA) is 84.7 Å². The number of H-pyrrole nitrogens is 1. The average molecular weight is 433 g/mol. The molecule has 0 unspecified atom stereocenters. The molecule has 0 saturated carbocycles. The number of nitrogens with one attached hydrogen (secondary N) is 1. The monoisotopic (exact) mass is 432 g/mol. The van der Waals surface area contributed by atoms with Gasteiger partial charge in [0.1, 0.15) is 0 Å². The van der Waals surface area contributed by atoms with Crippen molar-refractivity contribution >= 4 is 27.7 Å². The molecular formula is C14H8BrF3N4O2S. The summed E-state index contributed by atoms with van der Waals surface area (Å²) >= 11 is 4.22. The highest BCUT2D eigenvalue weighted by atomic mass is 79.9. The fourth-order valence-electron chi connectivity index (χ4n) is 1.83. The molecule has 25 heavy (non-hydrogen) atoms. The van der Waals surface area contributed by atoms with Gasteiger partial charge in [-0.2, -0.15) is 13.2 Å². The number of alkyl halides is 3. The van der Waals surface area contributed by atoms with E-state index in [0.717, 1.165) is 16.2 Å². The van der Waals surface area contributed by atoms with Crippen molar-refractivity contribution in [2.45, 2.75) is 17.1 Å². The van der Waals surface area contributed by atoms with Crippen LogP contribution in [-0.2, 0) is 11.9 Å². The van der Waals surface area contributed by atoms with Crippen molar-refractivity contribution in [3.63, 3.8) is 0 Å². The van der Waals surface area contributed by atoms with Crippen molar-refractivity contribution in [2.75, 3.05) is 0 Å². The summed E-state index contributed by atoms with van der Waals surface area (Å²) in [5.74, 6) is 0.520. The molecule has 11 heteroatoms. The fourth-order valence-corrected chi connectivity index (χ4v) is 3.00. The number of benzene rings is 1. The molecule has 3 rings (SSSR count). The van der Waals surface area contributed by atoms with Gasteiger partial charge in [0.2, 0.25) is 11.8 Å². The Kier molecular flexibility index (Phi) is 4.95. The summed E-state index contributed by atoms with van der Waals surface area (Å²) in [4.78, 5) is 17.0. The van der Waals surface area contributed by atoms with E-state index < -0.39 is 17.4 Å². The van der Waals surface area contributed by atoms with Crippen molar-refractivity contribution < 1.29 is 17.6 Å². The number of aromatic nitrogens is 4. The minimum Gasteiger partial charge on any atom is -0.420 e. The largest absolute Gasteiger partial charge is 0.433 e. The van der Waals surface area contributed by atoms with E-state index in [0.29, 0.717) is 11.6 Å². The molecule has 1 aromatic carbocycles. The second-order valence-corrected chi connectivity index (χ2v) is 6.52. The molecule has 0 spiro atoms. The normalized spacial score (nSPS) is 11.7. The van der Waals surface area contributed by atoms with Crippen LogP contribution >= 0.6 is 27.7 Å². The maximum absolute atomic E-state index is 12.7. The Bertz CT molecular complexity index is 957. The van der Waals surface area contributed by atoms with Crippen molar-refractivity contribution in [3.05, 3.63) is 56.7 Å². The Morgan fingerprint density at radius 3 is 2.72 bits per heavy atom. The third kappa shape index (κ3) is 4.28. The molecule has 0 aliphatic heterocycles. The fraction of sp³-hybridized carbons (Fsp3) is 0.143. The van der Waals surface area contributed by atoms with E-state index in [1.54, 1.807) is 12.1 Å². The average Bonchev–Trinajstić information content (AvgIpc) is 3.01. The van der Waals surface area contributed by atoms with Gasteiger partial charge < -0.3 is 9.40 Å². The van der Waals surface area contributed by atoms with E-state index >= 15 is 0 Å². The summed E-state index contributed by atoms with van der Waals surface area (Å²) in [5, 5.41) is 7.56. The Labute approximate surface area is 151 Å². The standard InChI is InChI=1S/C14H8BrF3N4O2S/c15-8-4-2-1-3-7(8)12-22-21-11(24-12)6-25-13-19-9(14(16,17)18)5-10(23)20-13/h1-5H,6H2,(H,19,20,23). The lowest BCUT2D eigenvalue weighted by Gasteiger charge is -2.06. The smallest absolute Gasteiger partial charge is 0.420 e. The van der Waals surface area contributed by atoms with Gasteiger partial charge in [0.15, 0.2) is 10.9 Å². The van der Waals surface area contributed by atoms with Crippen molar-refractivity contribution in [1.29, 1.82) is 0 Å². The van der Waals surface area contributed by atoms with Crippen molar-refractivity contribution in [1.82, 2.24) is 20.2 Å². The number of rotatable bonds is 4. The summed E-state index contributed by atoms with van der Waals surface area (Å²) < 4.78 is 44.3. The molecule has 130 valence electrons. The van der Waals surface area contributed by atoms with E-state index in [1.165, 1.54) is 0 Å². The van der Waals surface area contributed by atoms with E-state index in [9.17, 15) is 18.0 Å². The zero-order valence-corrected chi connectivity index (χ0v) is 14.6. The predicted molar refractivity (Wildman–Crippen MR) is 86.9 cm³/mol. The third-order valence-electron chi connectivity index (χ3n) is 2.91. The lowest BCUT2D eigenvalue weighted by Crippen LogP contribution is -2.16. The van der Waals surface area contributed by atoms with Gasteiger partial charge in [-0.3, -0.25) is 4.79 Å². The Morgan fingerprint density at radius 2 is 2.00 bits per heavy atom. The quantitative estimate of drug-likeness (QED) is 0.497. The zero-order valence-electron chi connectivity index (χ0n) is 12.2. The summed E-state index contributed by atoms with van der Waals surface area (Å²) in [5.41, 5.74) is -1.45. The summed E-state index contributed by atoms with van der Waals surface area (Å²) in [6, 6.07) is 7.62. The Morgan fingerprint density at radius 1 is 1.24 bits per heavy atom. The molecular weight excluding hydrogens is 425 g/mol. The van der Waals surface area contributed by atoms with Crippen LogP contribution < -0.4 is 5.56 Å². The number of aromatic amines is 1. The second kappa shape index (κ2) is 7.00. The van der Waals surface area contributed by atoms with E-state index in [2.05, 4.69) is 36.1 Å². The molecule has 0 bridgehead atoms. The van der Waals surface area contributed by atoms with Gasteiger partial charge in [-0.25, -0.2) is 4.98 Å². The van der Waals surface area contributed by atoms with Gasteiger partial charge in [0.25, 0.3) is 5.56 Å².